The van der Waals surface area contributed by atoms with Gasteiger partial charge in [-0.15, -0.1) is 0 Å². The molecule has 21 heavy (non-hydrogen) atoms. The summed E-state index contributed by atoms with van der Waals surface area (Å²) in [6.07, 6.45) is 4.92. The van der Waals surface area contributed by atoms with Crippen LogP contribution in [0.15, 0.2) is 18.2 Å². The Labute approximate surface area is 128 Å². The fourth-order valence-electron chi connectivity index (χ4n) is 3.49. The minimum Gasteiger partial charge on any atom is -0.493 e. The van der Waals surface area contributed by atoms with Crippen molar-refractivity contribution in [2.24, 2.45) is 5.92 Å². The van der Waals surface area contributed by atoms with Crippen LogP contribution >= 0.6 is 0 Å². The van der Waals surface area contributed by atoms with Crippen molar-refractivity contribution < 1.29 is 4.74 Å². The van der Waals surface area contributed by atoms with Crippen molar-refractivity contribution in [1.82, 2.24) is 10.2 Å². The van der Waals surface area contributed by atoms with Crippen molar-refractivity contribution in [2.45, 2.75) is 32.6 Å². The van der Waals surface area contributed by atoms with Gasteiger partial charge < -0.3 is 15.0 Å². The van der Waals surface area contributed by atoms with Gasteiger partial charge in [0.2, 0.25) is 0 Å². The van der Waals surface area contributed by atoms with E-state index in [0.29, 0.717) is 0 Å². The number of rotatable bonds is 6. The molecule has 116 valence electrons. The second-order valence-corrected chi connectivity index (χ2v) is 6.38. The average molecular weight is 288 g/mol. The molecule has 0 saturated carbocycles. The van der Waals surface area contributed by atoms with Gasteiger partial charge in [0.1, 0.15) is 5.75 Å². The molecule has 0 aliphatic carbocycles. The van der Waals surface area contributed by atoms with Gasteiger partial charge in [-0.25, -0.2) is 0 Å². The molecule has 0 atom stereocenters. The molecule has 1 aromatic rings. The number of nitrogens with one attached hydrogen (secondary N) is 1. The number of hydrogen-bond donors (Lipinski definition) is 1. The molecule has 2 heterocycles. The highest BCUT2D eigenvalue weighted by Crippen LogP contribution is 2.26. The Morgan fingerprint density at radius 3 is 2.95 bits per heavy atom. The Morgan fingerprint density at radius 1 is 1.29 bits per heavy atom. The van der Waals surface area contributed by atoms with E-state index in [0.717, 1.165) is 37.7 Å². The summed E-state index contributed by atoms with van der Waals surface area (Å²) in [4.78, 5) is 2.62. The summed E-state index contributed by atoms with van der Waals surface area (Å²) in [6.45, 7) is 9.16. The van der Waals surface area contributed by atoms with Gasteiger partial charge in [0.15, 0.2) is 0 Å². The van der Waals surface area contributed by atoms with E-state index in [1.807, 2.05) is 0 Å². The fourth-order valence-corrected chi connectivity index (χ4v) is 3.49. The van der Waals surface area contributed by atoms with Gasteiger partial charge in [0.05, 0.1) is 6.61 Å². The molecule has 1 aromatic carbocycles. The number of piperidine rings is 1. The van der Waals surface area contributed by atoms with Gasteiger partial charge in [0.25, 0.3) is 0 Å². The molecule has 0 amide bonds. The molecule has 0 aromatic heterocycles. The zero-order valence-corrected chi connectivity index (χ0v) is 13.2. The molecule has 1 fully saturated rings. The summed E-state index contributed by atoms with van der Waals surface area (Å²) in [5.41, 5.74) is 2.86. The predicted octanol–water partition coefficient (Wildman–Crippen LogP) is 2.49. The van der Waals surface area contributed by atoms with Crippen LogP contribution in [0.1, 0.15) is 30.9 Å². The molecule has 2 aliphatic rings. The Kier molecular flexibility index (Phi) is 5.15. The van der Waals surface area contributed by atoms with Crippen molar-refractivity contribution in [3.8, 4) is 5.75 Å². The molecule has 0 unspecified atom stereocenters. The highest BCUT2D eigenvalue weighted by Gasteiger charge is 2.16. The first-order valence-corrected chi connectivity index (χ1v) is 8.53. The lowest BCUT2D eigenvalue weighted by Crippen LogP contribution is -2.37. The number of benzene rings is 1. The van der Waals surface area contributed by atoms with Gasteiger partial charge in [-0.05, 0) is 62.0 Å². The van der Waals surface area contributed by atoms with Crippen LogP contribution in [0.2, 0.25) is 0 Å². The van der Waals surface area contributed by atoms with E-state index in [1.54, 1.807) is 0 Å². The molecular formula is C18H28N2O. The monoisotopic (exact) mass is 288 g/mol. The third kappa shape index (κ3) is 3.98. The summed E-state index contributed by atoms with van der Waals surface area (Å²) in [7, 11) is 0. The zero-order chi connectivity index (χ0) is 14.5. The number of ether oxygens (including phenoxy) is 1. The Balaban J connectivity index is 1.50. The van der Waals surface area contributed by atoms with Crippen LogP contribution in [0.4, 0.5) is 0 Å². The van der Waals surface area contributed by atoms with E-state index < -0.39 is 0 Å². The topological polar surface area (TPSA) is 24.5 Å². The fraction of sp³-hybridized carbons (Fsp3) is 0.667. The number of likely N-dealkylation sites (N-methyl/N-ethyl adjacent to an activating group) is 1. The summed E-state index contributed by atoms with van der Waals surface area (Å²) in [5, 5.41) is 3.46. The standard InChI is InChI=1S/C18H28N2O/c1-2-20(14-16-5-9-19-10-6-16)11-7-15-3-4-18-17(13-15)8-12-21-18/h3-4,13,16,19H,2,5-12,14H2,1H3. The summed E-state index contributed by atoms with van der Waals surface area (Å²) in [6, 6.07) is 6.74. The second kappa shape index (κ2) is 7.28. The van der Waals surface area contributed by atoms with Crippen LogP contribution in [0.3, 0.4) is 0 Å². The number of fused-ring (bicyclic) bond motifs is 1. The van der Waals surface area contributed by atoms with Crippen LogP contribution in [0.25, 0.3) is 0 Å². The van der Waals surface area contributed by atoms with Crippen LogP contribution in [-0.4, -0.2) is 44.2 Å². The highest BCUT2D eigenvalue weighted by atomic mass is 16.5. The van der Waals surface area contributed by atoms with Gasteiger partial charge in [-0.3, -0.25) is 0 Å². The lowest BCUT2D eigenvalue weighted by Gasteiger charge is -2.29. The van der Waals surface area contributed by atoms with Crippen LogP contribution in [0, 0.1) is 5.92 Å². The molecule has 1 saturated heterocycles. The van der Waals surface area contributed by atoms with E-state index in [4.69, 9.17) is 4.74 Å². The van der Waals surface area contributed by atoms with Crippen molar-refractivity contribution in [1.29, 1.82) is 0 Å². The molecule has 3 rings (SSSR count). The molecule has 0 radical (unpaired) electrons. The SMILES string of the molecule is CCN(CCc1ccc2c(c1)CCO2)CC1CCNCC1. The highest BCUT2D eigenvalue weighted by molar-refractivity contribution is 5.39. The molecule has 3 heteroatoms. The Morgan fingerprint density at radius 2 is 2.14 bits per heavy atom. The third-order valence-electron chi connectivity index (χ3n) is 4.89. The van der Waals surface area contributed by atoms with E-state index >= 15 is 0 Å². The molecule has 3 nitrogen and oxygen atoms in total. The molecule has 2 aliphatic heterocycles. The lowest BCUT2D eigenvalue weighted by atomic mass is 9.97. The maximum Gasteiger partial charge on any atom is 0.122 e. The van der Waals surface area contributed by atoms with E-state index in [1.165, 1.54) is 50.1 Å². The maximum atomic E-state index is 5.58. The Bertz CT molecular complexity index is 455. The normalized spacial score (nSPS) is 18.8. The van der Waals surface area contributed by atoms with Crippen LogP contribution < -0.4 is 10.1 Å². The maximum absolute atomic E-state index is 5.58. The van der Waals surface area contributed by atoms with E-state index in [-0.39, 0.29) is 0 Å². The molecular weight excluding hydrogens is 260 g/mol. The first kappa shape index (κ1) is 14.9. The van der Waals surface area contributed by atoms with Gasteiger partial charge in [-0.2, -0.15) is 0 Å². The predicted molar refractivity (Wildman–Crippen MR) is 87.1 cm³/mol. The molecule has 1 N–H and O–H groups in total. The smallest absolute Gasteiger partial charge is 0.122 e. The van der Waals surface area contributed by atoms with Crippen molar-refractivity contribution in [3.05, 3.63) is 29.3 Å². The number of hydrogen-bond acceptors (Lipinski definition) is 3. The second-order valence-electron chi connectivity index (χ2n) is 6.38. The quantitative estimate of drug-likeness (QED) is 0.870. The Hall–Kier alpha value is -1.06. The van der Waals surface area contributed by atoms with Crippen LogP contribution in [0.5, 0.6) is 5.75 Å². The first-order chi connectivity index (χ1) is 10.3. The van der Waals surface area contributed by atoms with E-state index in [9.17, 15) is 0 Å². The average Bonchev–Trinajstić information content (AvgIpc) is 3.00. The van der Waals surface area contributed by atoms with Crippen molar-refractivity contribution in [2.75, 3.05) is 39.3 Å². The number of nitrogens with zero attached hydrogens (tertiary/aromatic N) is 1. The summed E-state index contributed by atoms with van der Waals surface area (Å²) >= 11 is 0. The van der Waals surface area contributed by atoms with Crippen molar-refractivity contribution >= 4 is 0 Å². The zero-order valence-electron chi connectivity index (χ0n) is 13.2. The minimum atomic E-state index is 0.857. The van der Waals surface area contributed by atoms with E-state index in [2.05, 4.69) is 35.3 Å². The van der Waals surface area contributed by atoms with Gasteiger partial charge in [0, 0.05) is 19.5 Å². The lowest BCUT2D eigenvalue weighted by molar-refractivity contribution is 0.215. The summed E-state index contributed by atoms with van der Waals surface area (Å²) in [5.74, 6) is 1.99. The van der Waals surface area contributed by atoms with Crippen molar-refractivity contribution in [3.63, 3.8) is 0 Å². The summed E-state index contributed by atoms with van der Waals surface area (Å²) < 4.78 is 5.58. The van der Waals surface area contributed by atoms with Gasteiger partial charge in [-0.1, -0.05) is 19.1 Å². The van der Waals surface area contributed by atoms with Gasteiger partial charge >= 0.3 is 0 Å². The molecule has 0 spiro atoms. The van der Waals surface area contributed by atoms with Crippen LogP contribution in [-0.2, 0) is 12.8 Å². The molecule has 0 bridgehead atoms. The minimum absolute atomic E-state index is 0.857. The third-order valence-corrected chi connectivity index (χ3v) is 4.89. The largest absolute Gasteiger partial charge is 0.493 e. The first-order valence-electron chi connectivity index (χ1n) is 8.53.